The number of sulfonamides is 1. The van der Waals surface area contributed by atoms with Crippen molar-refractivity contribution in [3.8, 4) is 0 Å². The first-order chi connectivity index (χ1) is 13.4. The number of carbonyl (C=O) groups is 1. The third-order valence-corrected chi connectivity index (χ3v) is 6.75. The third kappa shape index (κ3) is 4.72. The van der Waals surface area contributed by atoms with Crippen molar-refractivity contribution in [1.29, 1.82) is 0 Å². The molecule has 3 rings (SSSR count). The third-order valence-electron chi connectivity index (χ3n) is 4.62. The van der Waals surface area contributed by atoms with Crippen molar-refractivity contribution in [3.05, 3.63) is 64.7 Å². The number of nitrogens with zero attached hydrogens (tertiary/aromatic N) is 2. The van der Waals surface area contributed by atoms with Gasteiger partial charge in [0.2, 0.25) is 10.0 Å². The molecule has 2 aromatic carbocycles. The molecule has 1 saturated heterocycles. The molecule has 0 aliphatic carbocycles. The summed E-state index contributed by atoms with van der Waals surface area (Å²) in [4.78, 5) is 14.8. The van der Waals surface area contributed by atoms with Crippen LogP contribution in [0.25, 0.3) is 0 Å². The van der Waals surface area contributed by atoms with Gasteiger partial charge in [-0.3, -0.25) is 4.79 Å². The van der Waals surface area contributed by atoms with Crippen LogP contribution >= 0.6 is 11.6 Å². The average molecular weight is 423 g/mol. The number of ether oxygens (including phenoxy) is 1. The molecular weight excluding hydrogens is 400 g/mol. The molecule has 0 saturated carbocycles. The number of amides is 1. The molecule has 150 valence electrons. The topological polar surface area (TPSA) is 66.9 Å². The Hall–Kier alpha value is -1.93. The summed E-state index contributed by atoms with van der Waals surface area (Å²) in [5.41, 5.74) is 1.26. The lowest BCUT2D eigenvalue weighted by Crippen LogP contribution is -2.40. The van der Waals surface area contributed by atoms with Crippen LogP contribution in [0.3, 0.4) is 0 Å². The van der Waals surface area contributed by atoms with E-state index < -0.39 is 10.0 Å². The van der Waals surface area contributed by atoms with E-state index in [4.69, 9.17) is 16.3 Å². The molecule has 0 radical (unpaired) electrons. The van der Waals surface area contributed by atoms with Crippen LogP contribution in [0.2, 0.25) is 5.02 Å². The highest BCUT2D eigenvalue weighted by Crippen LogP contribution is 2.20. The van der Waals surface area contributed by atoms with Gasteiger partial charge in [0, 0.05) is 36.8 Å². The van der Waals surface area contributed by atoms with Gasteiger partial charge < -0.3 is 9.64 Å². The molecule has 1 fully saturated rings. The number of hydrogen-bond donors (Lipinski definition) is 0. The van der Waals surface area contributed by atoms with E-state index in [1.165, 1.54) is 16.4 Å². The zero-order chi connectivity index (χ0) is 20.1. The van der Waals surface area contributed by atoms with Crippen molar-refractivity contribution in [1.82, 2.24) is 9.21 Å². The van der Waals surface area contributed by atoms with E-state index in [1.807, 2.05) is 25.1 Å². The number of hydrogen-bond acceptors (Lipinski definition) is 4. The van der Waals surface area contributed by atoms with Crippen LogP contribution in [0.5, 0.6) is 0 Å². The van der Waals surface area contributed by atoms with Crippen molar-refractivity contribution in [3.63, 3.8) is 0 Å². The molecule has 6 nitrogen and oxygen atoms in total. The fraction of sp³-hybridized carbons (Fsp3) is 0.350. The SMILES string of the molecule is CCN(Cc1cccc(Cl)c1)C(=O)c1cccc(S(=O)(=O)N2CCOCC2)c1. The Morgan fingerprint density at radius 2 is 1.86 bits per heavy atom. The number of benzene rings is 2. The van der Waals surface area contributed by atoms with E-state index in [0.717, 1.165) is 5.56 Å². The largest absolute Gasteiger partial charge is 0.379 e. The van der Waals surface area contributed by atoms with E-state index >= 15 is 0 Å². The summed E-state index contributed by atoms with van der Waals surface area (Å²) in [5.74, 6) is -0.221. The van der Waals surface area contributed by atoms with Gasteiger partial charge in [0.05, 0.1) is 18.1 Å². The van der Waals surface area contributed by atoms with Crippen molar-refractivity contribution in [2.75, 3.05) is 32.8 Å². The van der Waals surface area contributed by atoms with Gasteiger partial charge in [-0.05, 0) is 42.8 Å². The zero-order valence-corrected chi connectivity index (χ0v) is 17.2. The predicted molar refractivity (Wildman–Crippen MR) is 108 cm³/mol. The molecule has 1 amide bonds. The van der Waals surface area contributed by atoms with Gasteiger partial charge in [-0.2, -0.15) is 4.31 Å². The van der Waals surface area contributed by atoms with Gasteiger partial charge >= 0.3 is 0 Å². The fourth-order valence-electron chi connectivity index (χ4n) is 3.09. The van der Waals surface area contributed by atoms with E-state index in [2.05, 4.69) is 0 Å². The predicted octanol–water partition coefficient (Wildman–Crippen LogP) is 3.02. The van der Waals surface area contributed by atoms with Gasteiger partial charge in [0.15, 0.2) is 0 Å². The Kier molecular flexibility index (Phi) is 6.72. The summed E-state index contributed by atoms with van der Waals surface area (Å²) < 4.78 is 32.3. The van der Waals surface area contributed by atoms with Gasteiger partial charge in [-0.25, -0.2) is 8.42 Å². The summed E-state index contributed by atoms with van der Waals surface area (Å²) in [7, 11) is -3.65. The Labute approximate surface area is 170 Å². The summed E-state index contributed by atoms with van der Waals surface area (Å²) in [5, 5.41) is 0.611. The standard InChI is InChI=1S/C20H23ClN2O4S/c1-2-22(15-16-5-3-7-18(21)13-16)20(24)17-6-4-8-19(14-17)28(25,26)23-9-11-27-12-10-23/h3-8,13-14H,2,9-12,15H2,1H3. The number of halogens is 1. The lowest BCUT2D eigenvalue weighted by molar-refractivity contribution is 0.0729. The van der Waals surface area contributed by atoms with Crippen LogP contribution in [-0.2, 0) is 21.3 Å². The normalized spacial score (nSPS) is 15.4. The van der Waals surface area contributed by atoms with Crippen molar-refractivity contribution in [2.24, 2.45) is 0 Å². The molecule has 8 heteroatoms. The summed E-state index contributed by atoms with van der Waals surface area (Å²) >= 11 is 6.03. The van der Waals surface area contributed by atoms with Crippen molar-refractivity contribution >= 4 is 27.5 Å². The number of carbonyl (C=O) groups excluding carboxylic acids is 1. The minimum Gasteiger partial charge on any atom is -0.379 e. The Morgan fingerprint density at radius 3 is 2.54 bits per heavy atom. The average Bonchev–Trinajstić information content (AvgIpc) is 2.72. The summed E-state index contributed by atoms with van der Waals surface area (Å²) in [6, 6.07) is 13.6. The molecule has 2 aromatic rings. The van der Waals surface area contributed by atoms with Crippen LogP contribution in [0.1, 0.15) is 22.8 Å². The lowest BCUT2D eigenvalue weighted by atomic mass is 10.1. The van der Waals surface area contributed by atoms with Crippen LogP contribution in [0.15, 0.2) is 53.4 Å². The summed E-state index contributed by atoms with van der Waals surface area (Å²) in [6.07, 6.45) is 0. The van der Waals surface area contributed by atoms with E-state index in [9.17, 15) is 13.2 Å². The second kappa shape index (κ2) is 9.05. The van der Waals surface area contributed by atoms with Gasteiger partial charge in [0.25, 0.3) is 5.91 Å². The Balaban J connectivity index is 1.82. The highest BCUT2D eigenvalue weighted by Gasteiger charge is 2.27. The summed E-state index contributed by atoms with van der Waals surface area (Å²) in [6.45, 7) is 4.16. The molecular formula is C20H23ClN2O4S. The van der Waals surface area contributed by atoms with E-state index in [0.29, 0.717) is 50.0 Å². The Bertz CT molecular complexity index is 943. The molecule has 0 bridgehead atoms. The number of morpholine rings is 1. The lowest BCUT2D eigenvalue weighted by Gasteiger charge is -2.26. The van der Waals surface area contributed by atoms with Crippen LogP contribution in [-0.4, -0.2) is 56.4 Å². The van der Waals surface area contributed by atoms with Gasteiger partial charge in [-0.15, -0.1) is 0 Å². The highest BCUT2D eigenvalue weighted by atomic mass is 35.5. The highest BCUT2D eigenvalue weighted by molar-refractivity contribution is 7.89. The van der Waals surface area contributed by atoms with Crippen LogP contribution < -0.4 is 0 Å². The second-order valence-electron chi connectivity index (χ2n) is 6.49. The zero-order valence-electron chi connectivity index (χ0n) is 15.7. The molecule has 1 aliphatic rings. The molecule has 0 aromatic heterocycles. The molecule has 0 spiro atoms. The second-order valence-corrected chi connectivity index (χ2v) is 8.87. The maximum atomic E-state index is 13.0. The first-order valence-corrected chi connectivity index (χ1v) is 11.0. The maximum Gasteiger partial charge on any atom is 0.254 e. The van der Waals surface area contributed by atoms with Crippen LogP contribution in [0.4, 0.5) is 0 Å². The van der Waals surface area contributed by atoms with E-state index in [-0.39, 0.29) is 10.8 Å². The fourth-order valence-corrected chi connectivity index (χ4v) is 4.76. The monoisotopic (exact) mass is 422 g/mol. The molecule has 1 aliphatic heterocycles. The number of rotatable bonds is 6. The van der Waals surface area contributed by atoms with E-state index in [1.54, 1.807) is 23.1 Å². The van der Waals surface area contributed by atoms with Crippen molar-refractivity contribution in [2.45, 2.75) is 18.4 Å². The minimum absolute atomic E-state index is 0.124. The van der Waals surface area contributed by atoms with Crippen molar-refractivity contribution < 1.29 is 17.9 Å². The molecule has 0 N–H and O–H groups in total. The molecule has 1 heterocycles. The first kappa shape index (κ1) is 20.8. The van der Waals surface area contributed by atoms with Gasteiger partial charge in [0.1, 0.15) is 0 Å². The maximum absolute atomic E-state index is 13.0. The van der Waals surface area contributed by atoms with Crippen LogP contribution in [0, 0.1) is 0 Å². The Morgan fingerprint density at radius 1 is 1.14 bits per heavy atom. The minimum atomic E-state index is -3.65. The molecule has 28 heavy (non-hydrogen) atoms. The van der Waals surface area contributed by atoms with Gasteiger partial charge in [-0.1, -0.05) is 29.8 Å². The molecule has 0 atom stereocenters. The quantitative estimate of drug-likeness (QED) is 0.717. The molecule has 0 unspecified atom stereocenters. The smallest absolute Gasteiger partial charge is 0.254 e. The first-order valence-electron chi connectivity index (χ1n) is 9.13.